The monoisotopic (exact) mass is 351 g/mol. The van der Waals surface area contributed by atoms with E-state index >= 15 is 0 Å². The molecule has 0 radical (unpaired) electrons. The fourth-order valence-electron chi connectivity index (χ4n) is 2.52. The standard InChI is InChI=1S/C17H13ClF3N3/c1-9-5-6-23-8-12(9)15-11(16(22)17(19,20)21)7-10-3-2-4-13(18)14(10)24-15/h2-8,16H,22H2,1H3/t16-/m1/s1. The minimum absolute atomic E-state index is 0.103. The molecule has 0 bridgehead atoms. The highest BCUT2D eigenvalue weighted by Gasteiger charge is 2.39. The highest BCUT2D eigenvalue weighted by molar-refractivity contribution is 6.35. The first kappa shape index (κ1) is 16.7. The number of pyridine rings is 2. The van der Waals surface area contributed by atoms with Crippen LogP contribution in [0.15, 0.2) is 42.7 Å². The van der Waals surface area contributed by atoms with Gasteiger partial charge in [0.1, 0.15) is 6.04 Å². The van der Waals surface area contributed by atoms with Crippen LogP contribution in [0.3, 0.4) is 0 Å². The maximum atomic E-state index is 13.2. The van der Waals surface area contributed by atoms with Gasteiger partial charge in [0, 0.05) is 28.9 Å². The molecule has 7 heteroatoms. The predicted octanol–water partition coefficient (Wildman–Crippen LogP) is 4.82. The van der Waals surface area contributed by atoms with Gasteiger partial charge in [-0.25, -0.2) is 4.98 Å². The quantitative estimate of drug-likeness (QED) is 0.720. The van der Waals surface area contributed by atoms with E-state index in [2.05, 4.69) is 9.97 Å². The van der Waals surface area contributed by atoms with Crippen LogP contribution in [0.4, 0.5) is 13.2 Å². The van der Waals surface area contributed by atoms with Gasteiger partial charge in [-0.2, -0.15) is 13.2 Å². The van der Waals surface area contributed by atoms with Crippen LogP contribution in [0.2, 0.25) is 5.02 Å². The van der Waals surface area contributed by atoms with E-state index in [4.69, 9.17) is 17.3 Å². The molecule has 0 aliphatic rings. The molecule has 0 unspecified atom stereocenters. The van der Waals surface area contributed by atoms with Crippen molar-refractivity contribution in [2.24, 2.45) is 5.73 Å². The van der Waals surface area contributed by atoms with Gasteiger partial charge in [-0.15, -0.1) is 0 Å². The van der Waals surface area contributed by atoms with E-state index in [1.807, 2.05) is 0 Å². The molecule has 0 spiro atoms. The lowest BCUT2D eigenvalue weighted by atomic mass is 9.96. The molecule has 1 aromatic carbocycles. The maximum Gasteiger partial charge on any atom is 0.407 e. The summed E-state index contributed by atoms with van der Waals surface area (Å²) in [4.78, 5) is 8.38. The largest absolute Gasteiger partial charge is 0.407 e. The molecule has 0 saturated heterocycles. The summed E-state index contributed by atoms with van der Waals surface area (Å²) in [6.07, 6.45) is -1.54. The van der Waals surface area contributed by atoms with E-state index in [0.717, 1.165) is 5.56 Å². The van der Waals surface area contributed by atoms with Gasteiger partial charge in [0.15, 0.2) is 0 Å². The molecule has 124 valence electrons. The minimum atomic E-state index is -4.58. The van der Waals surface area contributed by atoms with Gasteiger partial charge in [-0.05, 0) is 30.7 Å². The van der Waals surface area contributed by atoms with Crippen molar-refractivity contribution in [1.82, 2.24) is 9.97 Å². The SMILES string of the molecule is Cc1ccncc1-c1nc2c(Cl)cccc2cc1[C@@H](N)C(F)(F)F. The van der Waals surface area contributed by atoms with Crippen LogP contribution in [-0.4, -0.2) is 16.1 Å². The van der Waals surface area contributed by atoms with Gasteiger partial charge < -0.3 is 5.73 Å². The molecule has 2 heterocycles. The second-order valence-electron chi connectivity index (χ2n) is 5.45. The summed E-state index contributed by atoms with van der Waals surface area (Å²) in [7, 11) is 0. The van der Waals surface area contributed by atoms with Crippen molar-refractivity contribution in [3.8, 4) is 11.3 Å². The second-order valence-corrected chi connectivity index (χ2v) is 5.85. The van der Waals surface area contributed by atoms with E-state index in [1.165, 1.54) is 12.3 Å². The Morgan fingerprint density at radius 2 is 1.96 bits per heavy atom. The highest BCUT2D eigenvalue weighted by Crippen LogP contribution is 2.38. The smallest absolute Gasteiger partial charge is 0.316 e. The Hall–Kier alpha value is -2.18. The number of nitrogens with two attached hydrogens (primary N) is 1. The fraction of sp³-hybridized carbons (Fsp3) is 0.176. The molecule has 24 heavy (non-hydrogen) atoms. The Bertz CT molecular complexity index is 909. The molecule has 0 aliphatic heterocycles. The Morgan fingerprint density at radius 1 is 1.21 bits per heavy atom. The molecule has 1 atom stereocenters. The molecule has 2 aromatic heterocycles. The van der Waals surface area contributed by atoms with Crippen molar-refractivity contribution in [3.63, 3.8) is 0 Å². The number of hydrogen-bond donors (Lipinski definition) is 1. The number of halogens is 4. The summed E-state index contributed by atoms with van der Waals surface area (Å²) in [6, 6.07) is 5.90. The lowest BCUT2D eigenvalue weighted by Gasteiger charge is -2.20. The van der Waals surface area contributed by atoms with Crippen LogP contribution in [0, 0.1) is 6.92 Å². The molecule has 3 aromatic rings. The molecular formula is C17H13ClF3N3. The number of nitrogens with zero attached hydrogens (tertiary/aromatic N) is 2. The zero-order valence-corrected chi connectivity index (χ0v) is 13.4. The van der Waals surface area contributed by atoms with Crippen molar-refractivity contribution in [1.29, 1.82) is 0 Å². The number of hydrogen-bond acceptors (Lipinski definition) is 3. The maximum absolute atomic E-state index is 13.2. The second kappa shape index (κ2) is 6.03. The molecule has 3 nitrogen and oxygen atoms in total. The molecular weight excluding hydrogens is 339 g/mol. The average Bonchev–Trinajstić information content (AvgIpc) is 2.53. The highest BCUT2D eigenvalue weighted by atomic mass is 35.5. The Balaban J connectivity index is 2.36. The summed E-state index contributed by atoms with van der Waals surface area (Å²) in [5, 5.41) is 0.866. The Kier molecular flexibility index (Phi) is 4.19. The number of fused-ring (bicyclic) bond motifs is 1. The molecule has 0 aliphatic carbocycles. The first-order chi connectivity index (χ1) is 11.3. The van der Waals surface area contributed by atoms with Gasteiger partial charge >= 0.3 is 6.18 Å². The van der Waals surface area contributed by atoms with E-state index in [1.54, 1.807) is 37.4 Å². The summed E-state index contributed by atoms with van der Waals surface area (Å²) in [5.41, 5.74) is 7.18. The predicted molar refractivity (Wildman–Crippen MR) is 87.7 cm³/mol. The molecule has 0 amide bonds. The van der Waals surface area contributed by atoms with Crippen molar-refractivity contribution >= 4 is 22.5 Å². The normalized spacial score (nSPS) is 13.2. The summed E-state index contributed by atoms with van der Waals surface area (Å²) in [5.74, 6) is 0. The van der Waals surface area contributed by atoms with Crippen LogP contribution >= 0.6 is 11.6 Å². The van der Waals surface area contributed by atoms with Crippen molar-refractivity contribution in [2.45, 2.75) is 19.1 Å². The van der Waals surface area contributed by atoms with Crippen molar-refractivity contribution in [2.75, 3.05) is 0 Å². The number of aryl methyl sites for hydroxylation is 1. The average molecular weight is 352 g/mol. The van der Waals surface area contributed by atoms with Crippen molar-refractivity contribution in [3.05, 3.63) is 58.9 Å². The zero-order valence-electron chi connectivity index (χ0n) is 12.6. The number of rotatable bonds is 2. The number of aromatic nitrogens is 2. The van der Waals surface area contributed by atoms with Gasteiger partial charge in [-0.3, -0.25) is 4.98 Å². The molecule has 0 fully saturated rings. The van der Waals surface area contributed by atoms with E-state index in [-0.39, 0.29) is 11.3 Å². The van der Waals surface area contributed by atoms with Crippen LogP contribution in [0.25, 0.3) is 22.2 Å². The first-order valence-corrected chi connectivity index (χ1v) is 7.49. The summed E-state index contributed by atoms with van der Waals surface area (Å²) in [6.45, 7) is 1.78. The third-order valence-electron chi connectivity index (χ3n) is 3.81. The van der Waals surface area contributed by atoms with E-state index in [9.17, 15) is 13.2 Å². The first-order valence-electron chi connectivity index (χ1n) is 7.11. The van der Waals surface area contributed by atoms with Crippen molar-refractivity contribution < 1.29 is 13.2 Å². The van der Waals surface area contributed by atoms with Crippen LogP contribution < -0.4 is 5.73 Å². The summed E-state index contributed by atoms with van der Waals surface area (Å²) < 4.78 is 39.6. The summed E-state index contributed by atoms with van der Waals surface area (Å²) >= 11 is 6.15. The molecule has 3 rings (SSSR count). The van der Waals surface area contributed by atoms with E-state index in [0.29, 0.717) is 21.5 Å². The zero-order chi connectivity index (χ0) is 17.5. The fourth-order valence-corrected chi connectivity index (χ4v) is 2.74. The Morgan fingerprint density at radius 3 is 2.62 bits per heavy atom. The van der Waals surface area contributed by atoms with Crippen LogP contribution in [0.1, 0.15) is 17.2 Å². The van der Waals surface area contributed by atoms with Gasteiger partial charge in [0.05, 0.1) is 16.2 Å². The third kappa shape index (κ3) is 2.95. The number of para-hydroxylation sites is 1. The van der Waals surface area contributed by atoms with Gasteiger partial charge in [-0.1, -0.05) is 23.7 Å². The number of benzene rings is 1. The molecule has 0 saturated carbocycles. The van der Waals surface area contributed by atoms with Gasteiger partial charge in [0.2, 0.25) is 0 Å². The van der Waals surface area contributed by atoms with Crippen LogP contribution in [0.5, 0.6) is 0 Å². The van der Waals surface area contributed by atoms with E-state index < -0.39 is 12.2 Å². The lowest BCUT2D eigenvalue weighted by molar-refractivity contribution is -0.149. The molecule has 2 N–H and O–H groups in total. The third-order valence-corrected chi connectivity index (χ3v) is 4.11. The lowest BCUT2D eigenvalue weighted by Crippen LogP contribution is -2.29. The topological polar surface area (TPSA) is 51.8 Å². The minimum Gasteiger partial charge on any atom is -0.316 e. The van der Waals surface area contributed by atoms with Gasteiger partial charge in [0.25, 0.3) is 0 Å². The number of alkyl halides is 3. The Labute approximate surface area is 141 Å². The van der Waals surface area contributed by atoms with Crippen LogP contribution in [-0.2, 0) is 0 Å².